The molecule has 1 aliphatic rings. The van der Waals surface area contributed by atoms with Crippen molar-refractivity contribution in [2.45, 2.75) is 39.8 Å². The Kier molecular flexibility index (Phi) is 3.39. The van der Waals surface area contributed by atoms with Gasteiger partial charge in [0.1, 0.15) is 0 Å². The Morgan fingerprint density at radius 1 is 1.20 bits per heavy atom. The van der Waals surface area contributed by atoms with Crippen LogP contribution in [0.2, 0.25) is 0 Å². The molecule has 0 saturated carbocycles. The van der Waals surface area contributed by atoms with E-state index in [4.69, 9.17) is 0 Å². The highest BCUT2D eigenvalue weighted by Gasteiger charge is 2.41. The van der Waals surface area contributed by atoms with Crippen LogP contribution in [0.15, 0.2) is 30.5 Å². The van der Waals surface area contributed by atoms with Crippen LogP contribution in [-0.2, 0) is 6.18 Å². The van der Waals surface area contributed by atoms with Crippen LogP contribution in [0.3, 0.4) is 0 Å². The first-order valence-corrected chi connectivity index (χ1v) is 6.72. The summed E-state index contributed by atoms with van der Waals surface area (Å²) in [5.41, 5.74) is 1.44. The van der Waals surface area contributed by atoms with E-state index in [2.05, 4.69) is 39.6 Å². The Morgan fingerprint density at radius 2 is 1.80 bits per heavy atom. The molecule has 0 spiro atoms. The van der Waals surface area contributed by atoms with Gasteiger partial charge in [-0.15, -0.1) is 0 Å². The van der Waals surface area contributed by atoms with E-state index < -0.39 is 11.7 Å². The first-order valence-electron chi connectivity index (χ1n) is 6.72. The van der Waals surface area contributed by atoms with Crippen molar-refractivity contribution in [1.82, 2.24) is 0 Å². The molecule has 4 heteroatoms. The second kappa shape index (κ2) is 4.54. The molecule has 0 aliphatic carbocycles. The average Bonchev–Trinajstić information content (AvgIpc) is 2.62. The van der Waals surface area contributed by atoms with Gasteiger partial charge in [0.2, 0.25) is 0 Å². The van der Waals surface area contributed by atoms with Crippen molar-refractivity contribution >= 4 is 5.69 Å². The molecule has 2 rings (SSSR count). The van der Waals surface area contributed by atoms with E-state index in [1.807, 2.05) is 0 Å². The van der Waals surface area contributed by atoms with Crippen molar-refractivity contribution in [2.75, 3.05) is 5.32 Å². The molecule has 0 aromatic heterocycles. The normalized spacial score (nSPS) is 19.2. The molecule has 0 bridgehead atoms. The number of hydrogen-bond donors (Lipinski definition) is 1. The molecule has 1 aliphatic heterocycles. The minimum absolute atomic E-state index is 0.111. The van der Waals surface area contributed by atoms with Crippen LogP contribution in [-0.4, -0.2) is 0 Å². The lowest BCUT2D eigenvalue weighted by Crippen LogP contribution is -2.28. The van der Waals surface area contributed by atoms with Crippen molar-refractivity contribution in [3.63, 3.8) is 0 Å². The van der Waals surface area contributed by atoms with Gasteiger partial charge in [0, 0.05) is 17.3 Å². The van der Waals surface area contributed by atoms with Crippen LogP contribution in [0.5, 0.6) is 0 Å². The quantitative estimate of drug-likeness (QED) is 0.765. The van der Waals surface area contributed by atoms with Crippen LogP contribution in [0.1, 0.15) is 44.7 Å². The number of rotatable bonds is 2. The molecule has 1 unspecified atom stereocenters. The van der Waals surface area contributed by atoms with E-state index in [9.17, 15) is 13.2 Å². The monoisotopic (exact) mass is 283 g/mol. The molecule has 0 radical (unpaired) electrons. The summed E-state index contributed by atoms with van der Waals surface area (Å²) < 4.78 is 38.7. The van der Waals surface area contributed by atoms with Gasteiger partial charge in [0.25, 0.3) is 0 Å². The number of halogens is 3. The van der Waals surface area contributed by atoms with Gasteiger partial charge in [-0.25, -0.2) is 0 Å². The minimum atomic E-state index is -4.31. The molecule has 1 atom stereocenters. The summed E-state index contributed by atoms with van der Waals surface area (Å²) in [7, 11) is 0. The van der Waals surface area contributed by atoms with Gasteiger partial charge in [-0.1, -0.05) is 34.3 Å². The molecule has 1 heterocycles. The highest BCUT2D eigenvalue weighted by atomic mass is 19.4. The first-order chi connectivity index (χ1) is 9.05. The summed E-state index contributed by atoms with van der Waals surface area (Å²) in [6.07, 6.45) is -4.31. The largest absolute Gasteiger partial charge is 0.416 e. The van der Waals surface area contributed by atoms with Crippen molar-refractivity contribution < 1.29 is 13.2 Å². The lowest BCUT2D eigenvalue weighted by molar-refractivity contribution is -0.137. The van der Waals surface area contributed by atoms with Crippen LogP contribution >= 0.6 is 0 Å². The predicted octanol–water partition coefficient (Wildman–Crippen LogP) is 5.41. The van der Waals surface area contributed by atoms with E-state index in [0.29, 0.717) is 11.5 Å². The average molecular weight is 283 g/mol. The highest BCUT2D eigenvalue weighted by Crippen LogP contribution is 2.52. The van der Waals surface area contributed by atoms with Gasteiger partial charge in [-0.3, -0.25) is 0 Å². The Bertz CT molecular complexity index is 541. The maximum absolute atomic E-state index is 12.9. The number of hydrogen-bond acceptors (Lipinski definition) is 1. The lowest BCUT2D eigenvalue weighted by Gasteiger charge is -2.36. The summed E-state index contributed by atoms with van der Waals surface area (Å²) in [5, 5.41) is 3.13. The predicted molar refractivity (Wildman–Crippen MR) is 75.6 cm³/mol. The van der Waals surface area contributed by atoms with Crippen molar-refractivity contribution in [3.8, 4) is 0 Å². The molecular formula is C16H20F3N. The van der Waals surface area contributed by atoms with Crippen molar-refractivity contribution in [2.24, 2.45) is 11.3 Å². The number of fused-ring (bicyclic) bond motifs is 1. The zero-order chi connectivity index (χ0) is 15.3. The van der Waals surface area contributed by atoms with E-state index in [-0.39, 0.29) is 11.3 Å². The summed E-state index contributed by atoms with van der Waals surface area (Å²) in [5.74, 6) is 0.214. The zero-order valence-electron chi connectivity index (χ0n) is 12.2. The van der Waals surface area contributed by atoms with Gasteiger partial charge >= 0.3 is 6.18 Å². The van der Waals surface area contributed by atoms with Crippen molar-refractivity contribution in [3.05, 3.63) is 41.6 Å². The van der Waals surface area contributed by atoms with E-state index >= 15 is 0 Å². The van der Waals surface area contributed by atoms with Crippen LogP contribution < -0.4 is 5.32 Å². The molecule has 0 fully saturated rings. The topological polar surface area (TPSA) is 12.0 Å². The van der Waals surface area contributed by atoms with Gasteiger partial charge in [0.15, 0.2) is 0 Å². The highest BCUT2D eigenvalue weighted by molar-refractivity contribution is 5.66. The maximum Gasteiger partial charge on any atom is 0.416 e. The van der Waals surface area contributed by atoms with Gasteiger partial charge < -0.3 is 5.32 Å². The van der Waals surface area contributed by atoms with Crippen LogP contribution in [0, 0.1) is 11.3 Å². The summed E-state index contributed by atoms with van der Waals surface area (Å²) in [6.45, 7) is 12.3. The van der Waals surface area contributed by atoms with Crippen LogP contribution in [0.25, 0.3) is 0 Å². The molecular weight excluding hydrogens is 263 g/mol. The molecule has 1 nitrogen and oxygen atoms in total. The third-order valence-corrected chi connectivity index (χ3v) is 4.57. The van der Waals surface area contributed by atoms with Gasteiger partial charge in [-0.2, -0.15) is 13.2 Å². The van der Waals surface area contributed by atoms with E-state index in [0.717, 1.165) is 17.5 Å². The molecule has 1 aromatic rings. The second-order valence-corrected chi connectivity index (χ2v) is 6.36. The van der Waals surface area contributed by atoms with Crippen LogP contribution in [0.4, 0.5) is 18.9 Å². The van der Waals surface area contributed by atoms with E-state index in [1.165, 1.54) is 12.1 Å². The fraction of sp³-hybridized carbons (Fsp3) is 0.500. The SMILES string of the molecule is C=C1Nc2ccc(C(F)(F)F)cc2C1C(C)(C)C(C)C. The van der Waals surface area contributed by atoms with Crippen molar-refractivity contribution in [1.29, 1.82) is 0 Å². The molecule has 1 N–H and O–H groups in total. The Labute approximate surface area is 117 Å². The van der Waals surface area contributed by atoms with Gasteiger partial charge in [-0.05, 0) is 35.1 Å². The zero-order valence-corrected chi connectivity index (χ0v) is 12.2. The summed E-state index contributed by atoms with van der Waals surface area (Å²) in [4.78, 5) is 0. The Hall–Kier alpha value is -1.45. The molecule has 1 aromatic carbocycles. The number of nitrogens with one attached hydrogen (secondary N) is 1. The molecule has 0 saturated heterocycles. The standard InChI is InChI=1S/C16H20F3N/c1-9(2)15(4,5)14-10(3)20-13-7-6-11(8-12(13)14)16(17,18)19/h6-9,14,20H,3H2,1-2,4-5H3. The summed E-state index contributed by atoms with van der Waals surface area (Å²) >= 11 is 0. The number of anilines is 1. The Balaban J connectivity index is 2.54. The maximum atomic E-state index is 12.9. The first kappa shape index (κ1) is 14.9. The smallest absolute Gasteiger partial charge is 0.359 e. The minimum Gasteiger partial charge on any atom is -0.359 e. The molecule has 0 amide bonds. The third-order valence-electron chi connectivity index (χ3n) is 4.57. The lowest BCUT2D eigenvalue weighted by atomic mass is 9.68. The second-order valence-electron chi connectivity index (χ2n) is 6.36. The van der Waals surface area contributed by atoms with Gasteiger partial charge in [0.05, 0.1) is 5.56 Å². The number of allylic oxidation sites excluding steroid dienone is 1. The van der Waals surface area contributed by atoms with E-state index in [1.54, 1.807) is 0 Å². The number of alkyl halides is 3. The number of benzene rings is 1. The molecule has 110 valence electrons. The Morgan fingerprint density at radius 3 is 2.30 bits per heavy atom. The third kappa shape index (κ3) is 2.32. The molecule has 20 heavy (non-hydrogen) atoms. The fourth-order valence-electron chi connectivity index (χ4n) is 2.71. The fourth-order valence-corrected chi connectivity index (χ4v) is 2.71. The summed E-state index contributed by atoms with van der Waals surface area (Å²) in [6, 6.07) is 3.87.